The molecule has 0 aliphatic heterocycles. The van der Waals surface area contributed by atoms with Gasteiger partial charge in [-0.3, -0.25) is 0 Å². The molecule has 25 heavy (non-hydrogen) atoms. The molecule has 0 atom stereocenters. The van der Waals surface area contributed by atoms with Gasteiger partial charge in [-0.15, -0.1) is 0 Å². The molecule has 0 rings (SSSR count). The average molecular weight is 446 g/mol. The number of aliphatic hydroxyl groups excluding tert-OH is 4. The maximum absolute atomic E-state index is 8.88. The third kappa shape index (κ3) is 683. The molecule has 0 spiro atoms. The van der Waals surface area contributed by atoms with E-state index in [-0.39, 0.29) is 26.4 Å². The van der Waals surface area contributed by atoms with Gasteiger partial charge in [0.2, 0.25) is 0 Å². The second-order valence-electron chi connectivity index (χ2n) is 3.14. The van der Waals surface area contributed by atoms with E-state index < -0.39 is 23.5 Å². The van der Waals surface area contributed by atoms with Crippen LogP contribution in [0.3, 0.4) is 0 Å². The van der Waals surface area contributed by atoms with Gasteiger partial charge in [-0.05, 0) is 12.8 Å². The maximum atomic E-state index is 8.88. The van der Waals surface area contributed by atoms with Crippen molar-refractivity contribution >= 4 is 23.5 Å². The van der Waals surface area contributed by atoms with Crippen LogP contribution in [0, 0.1) is 0 Å². The SMILES string of the molecule is O=P(O)(O)O.O=P(O)(O)O.O=P(O)(O)O.OCCCO.OCCCO. The molecule has 0 aromatic rings. The van der Waals surface area contributed by atoms with Gasteiger partial charge in [-0.25, -0.2) is 13.7 Å². The van der Waals surface area contributed by atoms with Crippen molar-refractivity contribution in [3.8, 4) is 0 Å². The highest BCUT2D eigenvalue weighted by Crippen LogP contribution is 2.26. The Labute approximate surface area is 142 Å². The predicted molar refractivity (Wildman–Crippen MR) is 80.4 cm³/mol. The summed E-state index contributed by atoms with van der Waals surface area (Å²) in [7, 11) is -13.9. The van der Waals surface area contributed by atoms with Crippen LogP contribution in [0.4, 0.5) is 0 Å². The van der Waals surface area contributed by atoms with Gasteiger partial charge in [-0.2, -0.15) is 0 Å². The molecule has 0 bridgehead atoms. The molecule has 0 aromatic carbocycles. The second-order valence-corrected chi connectivity index (χ2v) is 6.22. The van der Waals surface area contributed by atoms with Crippen LogP contribution in [0.5, 0.6) is 0 Å². The quantitative estimate of drug-likeness (QED) is 0.183. The van der Waals surface area contributed by atoms with E-state index in [0.717, 1.165) is 0 Å². The Balaban J connectivity index is -0.0000000667. The molecule has 19 heteroatoms. The van der Waals surface area contributed by atoms with Gasteiger partial charge in [0.15, 0.2) is 0 Å². The molecule has 13 N–H and O–H groups in total. The minimum absolute atomic E-state index is 0.0938. The summed E-state index contributed by atoms with van der Waals surface area (Å²) in [5.74, 6) is 0. The van der Waals surface area contributed by atoms with E-state index >= 15 is 0 Å². The molecule has 0 radical (unpaired) electrons. The summed E-state index contributed by atoms with van der Waals surface area (Å²) in [4.78, 5) is 64.7. The van der Waals surface area contributed by atoms with Crippen molar-refractivity contribution in [1.82, 2.24) is 0 Å². The van der Waals surface area contributed by atoms with Crippen LogP contribution in [-0.4, -0.2) is 90.9 Å². The molecule has 0 aliphatic rings. The normalized spacial score (nSPS) is 10.4. The molecular weight excluding hydrogens is 421 g/mol. The lowest BCUT2D eigenvalue weighted by molar-refractivity contribution is 0.220. The van der Waals surface area contributed by atoms with Crippen molar-refractivity contribution in [2.75, 3.05) is 26.4 Å². The van der Waals surface area contributed by atoms with Gasteiger partial charge in [0, 0.05) is 26.4 Å². The van der Waals surface area contributed by atoms with E-state index in [2.05, 4.69) is 0 Å². The minimum Gasteiger partial charge on any atom is -0.396 e. The van der Waals surface area contributed by atoms with E-state index in [4.69, 9.17) is 78.2 Å². The van der Waals surface area contributed by atoms with E-state index in [1.54, 1.807) is 0 Å². The Bertz CT molecular complexity index is 286. The first kappa shape index (κ1) is 36.1. The first-order valence-electron chi connectivity index (χ1n) is 5.61. The van der Waals surface area contributed by atoms with Crippen LogP contribution in [0.2, 0.25) is 0 Å². The topological polar surface area (TPSA) is 314 Å². The first-order chi connectivity index (χ1) is 10.8. The van der Waals surface area contributed by atoms with Crippen LogP contribution in [-0.2, 0) is 13.7 Å². The van der Waals surface area contributed by atoms with Crippen LogP contribution in [0.1, 0.15) is 12.8 Å². The number of hydrogen-bond acceptors (Lipinski definition) is 7. The fourth-order valence-electron chi connectivity index (χ4n) is 0.141. The van der Waals surface area contributed by atoms with Gasteiger partial charge < -0.3 is 64.5 Å². The Hall–Kier alpha value is 0.170. The van der Waals surface area contributed by atoms with E-state index in [1.165, 1.54) is 0 Å². The summed E-state index contributed by atoms with van der Waals surface area (Å²) < 4.78 is 26.6. The molecule has 0 aliphatic carbocycles. The minimum atomic E-state index is -4.64. The van der Waals surface area contributed by atoms with Crippen LogP contribution in [0.15, 0.2) is 0 Å². The molecule has 0 unspecified atom stereocenters. The van der Waals surface area contributed by atoms with Gasteiger partial charge >= 0.3 is 23.5 Å². The average Bonchev–Trinajstić information content (AvgIpc) is 2.25. The highest BCUT2D eigenvalue weighted by Gasteiger charge is 2.01. The summed E-state index contributed by atoms with van der Waals surface area (Å²) in [5.41, 5.74) is 0. The summed E-state index contributed by atoms with van der Waals surface area (Å²) in [5, 5.41) is 31.6. The van der Waals surface area contributed by atoms with Crippen molar-refractivity contribution < 1.29 is 78.2 Å². The van der Waals surface area contributed by atoms with Crippen molar-refractivity contribution in [2.45, 2.75) is 12.8 Å². The third-order valence-corrected chi connectivity index (χ3v) is 0.632. The molecular formula is C6H25O16P3. The maximum Gasteiger partial charge on any atom is 0.466 e. The highest BCUT2D eigenvalue weighted by atomic mass is 31.2. The van der Waals surface area contributed by atoms with Crippen molar-refractivity contribution in [3.05, 3.63) is 0 Å². The zero-order chi connectivity index (χ0) is 21.7. The Morgan fingerprint density at radius 3 is 0.480 bits per heavy atom. The highest BCUT2D eigenvalue weighted by molar-refractivity contribution is 7.45. The molecule has 0 fully saturated rings. The standard InChI is InChI=1S/2C3H8O2.3H3O4P/c2*4-2-1-3-5;3*1-5(2,3)4/h2*4-5H,1-3H2;3*(H3,1,2,3,4). The van der Waals surface area contributed by atoms with E-state index in [1.807, 2.05) is 0 Å². The number of rotatable bonds is 4. The zero-order valence-electron chi connectivity index (χ0n) is 12.6. The number of hydrogen-bond donors (Lipinski definition) is 13. The molecule has 0 amide bonds. The largest absolute Gasteiger partial charge is 0.466 e. The molecule has 0 aromatic heterocycles. The second kappa shape index (κ2) is 22.2. The fraction of sp³-hybridized carbons (Fsp3) is 1.00. The monoisotopic (exact) mass is 446 g/mol. The first-order valence-corrected chi connectivity index (χ1v) is 10.3. The zero-order valence-corrected chi connectivity index (χ0v) is 15.3. The lowest BCUT2D eigenvalue weighted by Crippen LogP contribution is -1.85. The van der Waals surface area contributed by atoms with Crippen molar-refractivity contribution in [2.24, 2.45) is 0 Å². The molecule has 0 saturated carbocycles. The van der Waals surface area contributed by atoms with Crippen molar-refractivity contribution in [1.29, 1.82) is 0 Å². The third-order valence-electron chi connectivity index (χ3n) is 0.632. The van der Waals surface area contributed by atoms with Crippen LogP contribution in [0.25, 0.3) is 0 Å². The van der Waals surface area contributed by atoms with Gasteiger partial charge in [0.1, 0.15) is 0 Å². The van der Waals surface area contributed by atoms with Crippen molar-refractivity contribution in [3.63, 3.8) is 0 Å². The molecule has 16 nitrogen and oxygen atoms in total. The summed E-state index contributed by atoms with van der Waals surface area (Å²) >= 11 is 0. The molecule has 160 valence electrons. The lowest BCUT2D eigenvalue weighted by Gasteiger charge is -1.82. The summed E-state index contributed by atoms with van der Waals surface area (Å²) in [6.07, 6.45) is 1.00. The Kier molecular flexibility index (Phi) is 32.1. The summed E-state index contributed by atoms with van der Waals surface area (Å²) in [6, 6.07) is 0. The Morgan fingerprint density at radius 1 is 0.400 bits per heavy atom. The molecule has 0 saturated heterocycles. The summed E-state index contributed by atoms with van der Waals surface area (Å²) in [6.45, 7) is 0.375. The van der Waals surface area contributed by atoms with Gasteiger partial charge in [-0.1, -0.05) is 0 Å². The van der Waals surface area contributed by atoms with Gasteiger partial charge in [0.25, 0.3) is 0 Å². The van der Waals surface area contributed by atoms with Crippen LogP contribution >= 0.6 is 23.5 Å². The van der Waals surface area contributed by atoms with Gasteiger partial charge in [0.05, 0.1) is 0 Å². The predicted octanol–water partition coefficient (Wildman–Crippen LogP) is -4.06. The molecule has 0 heterocycles. The Morgan fingerprint density at radius 2 is 0.480 bits per heavy atom. The number of phosphoric acid groups is 3. The smallest absolute Gasteiger partial charge is 0.396 e. The number of aliphatic hydroxyl groups is 4. The van der Waals surface area contributed by atoms with E-state index in [9.17, 15) is 0 Å². The van der Waals surface area contributed by atoms with E-state index in [0.29, 0.717) is 12.8 Å². The lowest BCUT2D eigenvalue weighted by atomic mass is 10.5. The van der Waals surface area contributed by atoms with Crippen LogP contribution < -0.4 is 0 Å². The fourth-order valence-corrected chi connectivity index (χ4v) is 0.141.